The van der Waals surface area contributed by atoms with E-state index in [2.05, 4.69) is 0 Å². The number of benzene rings is 2. The smallest absolute Gasteiger partial charge is 0.206 e. The number of hydrogen-bond acceptors (Lipinski definition) is 0. The third-order valence-corrected chi connectivity index (χ3v) is 3.23. The van der Waals surface area contributed by atoms with E-state index in [-0.39, 0.29) is 26.7 Å². The molecule has 5 heteroatoms. The minimum atomic E-state index is -2.76. The first-order valence-electron chi connectivity index (χ1n) is 5.02. The monoisotopic (exact) mass is 290 g/mol. The zero-order valence-corrected chi connectivity index (χ0v) is 10.4. The maximum atomic E-state index is 13.7. The highest BCUT2D eigenvalue weighted by Gasteiger charge is 2.18. The standard InChI is InChI=1S/C13H7Cl2F3/c14-9-5-4-7(6-10(9)15)12-8(13(17)18)2-1-3-11(12)16/h1-6,13H. The molecule has 0 aliphatic rings. The average molecular weight is 291 g/mol. The van der Waals surface area contributed by atoms with Gasteiger partial charge in [0.2, 0.25) is 0 Å². The quantitative estimate of drug-likeness (QED) is 0.662. The maximum absolute atomic E-state index is 13.7. The second-order valence-corrected chi connectivity index (χ2v) is 4.45. The summed E-state index contributed by atoms with van der Waals surface area (Å²) in [5.74, 6) is -0.716. The molecule has 0 amide bonds. The molecule has 2 aromatic carbocycles. The van der Waals surface area contributed by atoms with Crippen molar-refractivity contribution >= 4 is 23.2 Å². The van der Waals surface area contributed by atoms with Crippen LogP contribution in [0.25, 0.3) is 11.1 Å². The molecule has 0 unspecified atom stereocenters. The molecule has 0 spiro atoms. The zero-order valence-electron chi connectivity index (χ0n) is 8.93. The summed E-state index contributed by atoms with van der Waals surface area (Å²) in [6.45, 7) is 0. The van der Waals surface area contributed by atoms with Crippen LogP contribution in [-0.2, 0) is 0 Å². The minimum absolute atomic E-state index is 0.147. The van der Waals surface area contributed by atoms with Crippen LogP contribution in [0.4, 0.5) is 13.2 Å². The van der Waals surface area contributed by atoms with E-state index in [1.807, 2.05) is 0 Å². The molecule has 0 aliphatic heterocycles. The van der Waals surface area contributed by atoms with Gasteiger partial charge in [0.1, 0.15) is 5.82 Å². The fourth-order valence-electron chi connectivity index (χ4n) is 1.68. The summed E-state index contributed by atoms with van der Waals surface area (Å²) >= 11 is 11.5. The summed E-state index contributed by atoms with van der Waals surface area (Å²) < 4.78 is 39.4. The second kappa shape index (κ2) is 5.21. The Morgan fingerprint density at radius 2 is 1.67 bits per heavy atom. The van der Waals surface area contributed by atoms with Crippen LogP contribution >= 0.6 is 23.2 Å². The fraction of sp³-hybridized carbons (Fsp3) is 0.0769. The van der Waals surface area contributed by atoms with E-state index in [0.717, 1.165) is 6.07 Å². The lowest BCUT2D eigenvalue weighted by Gasteiger charge is -2.11. The van der Waals surface area contributed by atoms with Gasteiger partial charge in [-0.3, -0.25) is 0 Å². The molecule has 0 nitrogen and oxygen atoms in total. The van der Waals surface area contributed by atoms with Crippen molar-refractivity contribution in [3.63, 3.8) is 0 Å². The first-order valence-corrected chi connectivity index (χ1v) is 5.78. The van der Waals surface area contributed by atoms with E-state index in [9.17, 15) is 13.2 Å². The van der Waals surface area contributed by atoms with E-state index in [1.165, 1.54) is 30.3 Å². The van der Waals surface area contributed by atoms with Gasteiger partial charge in [-0.15, -0.1) is 0 Å². The van der Waals surface area contributed by atoms with Gasteiger partial charge in [0.25, 0.3) is 6.43 Å². The predicted octanol–water partition coefficient (Wildman–Crippen LogP) is 5.74. The molecule has 94 valence electrons. The summed E-state index contributed by atoms with van der Waals surface area (Å²) in [5, 5.41) is 0.480. The molecule has 2 aromatic rings. The van der Waals surface area contributed by atoms with Crippen molar-refractivity contribution in [1.29, 1.82) is 0 Å². The fourth-order valence-corrected chi connectivity index (χ4v) is 1.98. The van der Waals surface area contributed by atoms with E-state index >= 15 is 0 Å². The molecule has 0 radical (unpaired) electrons. The molecule has 0 saturated heterocycles. The van der Waals surface area contributed by atoms with E-state index in [4.69, 9.17) is 23.2 Å². The molecule has 0 atom stereocenters. The van der Waals surface area contributed by atoms with Crippen LogP contribution in [0.15, 0.2) is 36.4 Å². The van der Waals surface area contributed by atoms with Gasteiger partial charge >= 0.3 is 0 Å². The van der Waals surface area contributed by atoms with Gasteiger partial charge in [0.05, 0.1) is 10.0 Å². The van der Waals surface area contributed by atoms with Crippen molar-refractivity contribution in [2.75, 3.05) is 0 Å². The van der Waals surface area contributed by atoms with Crippen molar-refractivity contribution in [1.82, 2.24) is 0 Å². The normalized spacial score (nSPS) is 11.0. The number of rotatable bonds is 2. The van der Waals surface area contributed by atoms with Crippen molar-refractivity contribution in [2.24, 2.45) is 0 Å². The van der Waals surface area contributed by atoms with Gasteiger partial charge in [0.15, 0.2) is 0 Å². The van der Waals surface area contributed by atoms with Crippen molar-refractivity contribution in [2.45, 2.75) is 6.43 Å². The van der Waals surface area contributed by atoms with Crippen LogP contribution in [0, 0.1) is 5.82 Å². The molecule has 0 aromatic heterocycles. The van der Waals surface area contributed by atoms with E-state index in [0.29, 0.717) is 0 Å². The average Bonchev–Trinajstić information content (AvgIpc) is 2.32. The SMILES string of the molecule is Fc1cccc(C(F)F)c1-c1ccc(Cl)c(Cl)c1. The largest absolute Gasteiger partial charge is 0.264 e. The number of halogens is 5. The topological polar surface area (TPSA) is 0 Å². The summed E-state index contributed by atoms with van der Waals surface area (Å²) in [7, 11) is 0. The first kappa shape index (κ1) is 13.2. The molecule has 0 N–H and O–H groups in total. The maximum Gasteiger partial charge on any atom is 0.264 e. The van der Waals surface area contributed by atoms with Gasteiger partial charge in [-0.05, 0) is 23.8 Å². The molecular formula is C13H7Cl2F3. The van der Waals surface area contributed by atoms with Gasteiger partial charge in [-0.1, -0.05) is 41.4 Å². The number of hydrogen-bond donors (Lipinski definition) is 0. The van der Waals surface area contributed by atoms with Crippen LogP contribution < -0.4 is 0 Å². The van der Waals surface area contributed by atoms with Crippen LogP contribution in [0.5, 0.6) is 0 Å². The molecule has 2 rings (SSSR count). The number of alkyl halides is 2. The molecule has 0 aliphatic carbocycles. The van der Waals surface area contributed by atoms with Gasteiger partial charge in [-0.2, -0.15) is 0 Å². The third-order valence-electron chi connectivity index (χ3n) is 2.49. The highest BCUT2D eigenvalue weighted by molar-refractivity contribution is 6.42. The van der Waals surface area contributed by atoms with Gasteiger partial charge in [0, 0.05) is 11.1 Å². The zero-order chi connectivity index (χ0) is 13.3. The predicted molar refractivity (Wildman–Crippen MR) is 66.8 cm³/mol. The van der Waals surface area contributed by atoms with Crippen LogP contribution in [0.3, 0.4) is 0 Å². The van der Waals surface area contributed by atoms with E-state index in [1.54, 1.807) is 0 Å². The first-order chi connectivity index (χ1) is 8.50. The minimum Gasteiger partial charge on any atom is -0.206 e. The van der Waals surface area contributed by atoms with Crippen LogP contribution in [0.2, 0.25) is 10.0 Å². The Labute approximate surface area is 112 Å². The van der Waals surface area contributed by atoms with Crippen molar-refractivity contribution in [3.8, 4) is 11.1 Å². The van der Waals surface area contributed by atoms with E-state index < -0.39 is 12.2 Å². The lowest BCUT2D eigenvalue weighted by atomic mass is 9.99. The Balaban J connectivity index is 2.66. The Morgan fingerprint density at radius 3 is 2.28 bits per heavy atom. The van der Waals surface area contributed by atoms with Gasteiger partial charge in [-0.25, -0.2) is 13.2 Å². The Hall–Kier alpha value is -1.19. The molecular weight excluding hydrogens is 284 g/mol. The summed E-state index contributed by atoms with van der Waals surface area (Å²) in [6.07, 6.45) is -2.76. The lowest BCUT2D eigenvalue weighted by molar-refractivity contribution is 0.151. The molecule has 0 bridgehead atoms. The Morgan fingerprint density at radius 1 is 0.944 bits per heavy atom. The molecule has 0 fully saturated rings. The summed E-state index contributed by atoms with van der Waals surface area (Å²) in [4.78, 5) is 0. The van der Waals surface area contributed by atoms with Crippen LogP contribution in [0.1, 0.15) is 12.0 Å². The van der Waals surface area contributed by atoms with Crippen molar-refractivity contribution in [3.05, 3.63) is 57.8 Å². The van der Waals surface area contributed by atoms with Crippen LogP contribution in [-0.4, -0.2) is 0 Å². The Bertz CT molecular complexity index is 582. The Kier molecular flexibility index (Phi) is 3.83. The highest BCUT2D eigenvalue weighted by Crippen LogP contribution is 2.35. The second-order valence-electron chi connectivity index (χ2n) is 3.63. The lowest BCUT2D eigenvalue weighted by Crippen LogP contribution is -1.94. The molecule has 0 heterocycles. The van der Waals surface area contributed by atoms with Crippen molar-refractivity contribution < 1.29 is 13.2 Å². The third kappa shape index (κ3) is 2.47. The highest BCUT2D eigenvalue weighted by atomic mass is 35.5. The van der Waals surface area contributed by atoms with Gasteiger partial charge < -0.3 is 0 Å². The summed E-state index contributed by atoms with van der Waals surface area (Å²) in [5.41, 5.74) is -0.239. The summed E-state index contributed by atoms with van der Waals surface area (Å²) in [6, 6.07) is 7.83. The molecule has 18 heavy (non-hydrogen) atoms. The molecule has 0 saturated carbocycles.